The number of unbranched alkanes of at least 4 members (excludes halogenated alkanes) is 30. The highest BCUT2D eigenvalue weighted by Gasteiger charge is 2.24. The number of carbonyl (C=O) groups is 2. The number of hydrogen-bond acceptors (Lipinski definition) is 5. The summed E-state index contributed by atoms with van der Waals surface area (Å²) in [6, 6.07) is -0.707. The summed E-state index contributed by atoms with van der Waals surface area (Å²) < 4.78 is 5.89. The topological polar surface area (TPSA) is 95.9 Å². The highest BCUT2D eigenvalue weighted by Crippen LogP contribution is 2.17. The maximum Gasteiger partial charge on any atom is 0.306 e. The van der Waals surface area contributed by atoms with Gasteiger partial charge in [0.1, 0.15) is 6.10 Å². The van der Waals surface area contributed by atoms with Gasteiger partial charge in [0.05, 0.1) is 25.2 Å². The second-order valence-corrected chi connectivity index (χ2v) is 17.6. The van der Waals surface area contributed by atoms with Crippen LogP contribution < -0.4 is 5.32 Å². The first-order chi connectivity index (χ1) is 28.5. The van der Waals surface area contributed by atoms with Crippen molar-refractivity contribution in [2.45, 2.75) is 289 Å². The average Bonchev–Trinajstić information content (AvgIpc) is 3.22. The zero-order chi connectivity index (χ0) is 42.4. The molecule has 0 aliphatic carbocycles. The third-order valence-corrected chi connectivity index (χ3v) is 11.7. The van der Waals surface area contributed by atoms with Crippen molar-refractivity contribution in [3.05, 3.63) is 24.3 Å². The Kier molecular flexibility index (Phi) is 45.1. The summed E-state index contributed by atoms with van der Waals surface area (Å²) in [5.74, 6) is -0.506. The summed E-state index contributed by atoms with van der Waals surface area (Å²) in [6.07, 6.45) is 52.5. The summed E-state index contributed by atoms with van der Waals surface area (Å²) in [5, 5.41) is 23.7. The first-order valence-corrected chi connectivity index (χ1v) is 25.6. The predicted molar refractivity (Wildman–Crippen MR) is 250 cm³/mol. The quantitative estimate of drug-likeness (QED) is 0.0323. The smallest absolute Gasteiger partial charge is 0.306 e. The lowest BCUT2D eigenvalue weighted by atomic mass is 10.0. The van der Waals surface area contributed by atoms with Crippen LogP contribution in [0.1, 0.15) is 271 Å². The number of amides is 1. The highest BCUT2D eigenvalue weighted by molar-refractivity contribution is 5.77. The number of aliphatic hydroxyl groups excluding tert-OH is 2. The second kappa shape index (κ2) is 46.4. The van der Waals surface area contributed by atoms with E-state index >= 15 is 0 Å². The molecule has 3 atom stereocenters. The third-order valence-electron chi connectivity index (χ3n) is 11.7. The van der Waals surface area contributed by atoms with E-state index in [4.69, 9.17) is 4.74 Å². The predicted octanol–water partition coefficient (Wildman–Crippen LogP) is 15.1. The van der Waals surface area contributed by atoms with E-state index in [1.54, 1.807) is 0 Å². The van der Waals surface area contributed by atoms with E-state index in [0.717, 1.165) is 64.2 Å². The van der Waals surface area contributed by atoms with E-state index in [1.807, 2.05) is 0 Å². The van der Waals surface area contributed by atoms with Gasteiger partial charge in [0.2, 0.25) is 5.91 Å². The Balaban J connectivity index is 4.48. The van der Waals surface area contributed by atoms with Gasteiger partial charge in [0.15, 0.2) is 0 Å². The van der Waals surface area contributed by atoms with Crippen LogP contribution in [0.4, 0.5) is 0 Å². The Hall–Kier alpha value is -1.66. The normalized spacial score (nSPS) is 13.4. The van der Waals surface area contributed by atoms with Crippen molar-refractivity contribution >= 4 is 11.9 Å². The van der Waals surface area contributed by atoms with Crippen LogP contribution in [0.2, 0.25) is 0 Å². The Labute approximate surface area is 361 Å². The average molecular weight is 818 g/mol. The van der Waals surface area contributed by atoms with Crippen molar-refractivity contribution in [2.75, 3.05) is 6.61 Å². The fraction of sp³-hybridized carbons (Fsp3) is 0.885. The van der Waals surface area contributed by atoms with Gasteiger partial charge < -0.3 is 20.3 Å². The van der Waals surface area contributed by atoms with Crippen molar-refractivity contribution in [3.63, 3.8) is 0 Å². The molecule has 0 aromatic carbocycles. The maximum absolute atomic E-state index is 13.2. The molecule has 0 fully saturated rings. The molecular weight excluding hydrogens is 719 g/mol. The van der Waals surface area contributed by atoms with Crippen molar-refractivity contribution in [3.8, 4) is 0 Å². The van der Waals surface area contributed by atoms with Gasteiger partial charge in [-0.2, -0.15) is 0 Å². The number of esters is 1. The van der Waals surface area contributed by atoms with Crippen LogP contribution in [0.5, 0.6) is 0 Å². The van der Waals surface area contributed by atoms with Crippen LogP contribution in [0, 0.1) is 0 Å². The minimum absolute atomic E-state index is 0.0569. The molecule has 3 unspecified atom stereocenters. The summed E-state index contributed by atoms with van der Waals surface area (Å²) in [4.78, 5) is 26.0. The van der Waals surface area contributed by atoms with Gasteiger partial charge in [-0.1, -0.05) is 218 Å². The van der Waals surface area contributed by atoms with Gasteiger partial charge >= 0.3 is 5.97 Å². The summed E-state index contributed by atoms with van der Waals surface area (Å²) in [7, 11) is 0. The molecule has 1 amide bonds. The minimum atomic E-state index is -0.792. The number of nitrogens with one attached hydrogen (secondary N) is 1. The summed E-state index contributed by atoms with van der Waals surface area (Å²) in [5.41, 5.74) is 0. The molecule has 0 saturated heterocycles. The van der Waals surface area contributed by atoms with Gasteiger partial charge in [-0.25, -0.2) is 0 Å². The molecule has 0 radical (unpaired) electrons. The Morgan fingerprint density at radius 3 is 1.33 bits per heavy atom. The van der Waals surface area contributed by atoms with E-state index in [-0.39, 0.29) is 24.9 Å². The van der Waals surface area contributed by atoms with E-state index in [2.05, 4.69) is 50.4 Å². The number of aliphatic hydroxyl groups is 2. The number of hydrogen-bond donors (Lipinski definition) is 3. The largest absolute Gasteiger partial charge is 0.462 e. The molecule has 0 aromatic heterocycles. The maximum atomic E-state index is 13.2. The first kappa shape index (κ1) is 56.3. The zero-order valence-electron chi connectivity index (χ0n) is 38.9. The van der Waals surface area contributed by atoms with Crippen LogP contribution in [0.3, 0.4) is 0 Å². The van der Waals surface area contributed by atoms with E-state index < -0.39 is 18.2 Å². The molecule has 0 rings (SSSR count). The van der Waals surface area contributed by atoms with Gasteiger partial charge in [0.25, 0.3) is 0 Å². The van der Waals surface area contributed by atoms with E-state index in [0.29, 0.717) is 19.3 Å². The molecular formula is C52H99NO5. The molecule has 0 aliphatic rings. The molecule has 0 bridgehead atoms. The number of ether oxygens (including phenoxy) is 1. The van der Waals surface area contributed by atoms with E-state index in [9.17, 15) is 19.8 Å². The Morgan fingerprint density at radius 1 is 0.483 bits per heavy atom. The molecule has 6 nitrogen and oxygen atoms in total. The molecule has 0 aromatic rings. The van der Waals surface area contributed by atoms with Crippen LogP contribution in [0.15, 0.2) is 24.3 Å². The standard InChI is InChI=1S/C52H99NO5/c1-4-7-10-13-16-19-22-24-25-26-27-28-30-32-35-38-41-44-50(55)49(47-54)53-51(56)46-48(43-40-37-34-31-29-23-20-17-14-11-8-5-2)58-52(57)45-42-39-36-33-21-18-15-12-9-6-3/h12,15,31,34,48-50,54-55H,4-11,13-14,16-30,32-33,35-47H2,1-3H3,(H,53,56)/b15-12-,34-31-. The van der Waals surface area contributed by atoms with Crippen molar-refractivity contribution in [1.82, 2.24) is 5.32 Å². The molecule has 0 aliphatic heterocycles. The highest BCUT2D eigenvalue weighted by atomic mass is 16.5. The SMILES string of the molecule is CCC/C=C\CCCCCCCC(=O)OC(CCC/C=C\CCCCCCCCC)CC(=O)NC(CO)C(O)CCCCCCCCCCCCCCCCCCC. The molecule has 0 heterocycles. The van der Waals surface area contributed by atoms with Crippen LogP contribution >= 0.6 is 0 Å². The first-order valence-electron chi connectivity index (χ1n) is 25.6. The molecule has 0 saturated carbocycles. The Bertz CT molecular complexity index is 919. The van der Waals surface area contributed by atoms with Crippen molar-refractivity contribution in [2.24, 2.45) is 0 Å². The fourth-order valence-corrected chi connectivity index (χ4v) is 7.85. The van der Waals surface area contributed by atoms with Gasteiger partial charge in [-0.3, -0.25) is 9.59 Å². The van der Waals surface area contributed by atoms with Gasteiger partial charge in [-0.05, 0) is 64.2 Å². The zero-order valence-corrected chi connectivity index (χ0v) is 38.9. The van der Waals surface area contributed by atoms with Crippen LogP contribution in [-0.4, -0.2) is 46.9 Å². The van der Waals surface area contributed by atoms with Crippen LogP contribution in [-0.2, 0) is 14.3 Å². The second-order valence-electron chi connectivity index (χ2n) is 17.6. The monoisotopic (exact) mass is 818 g/mol. The van der Waals surface area contributed by atoms with E-state index in [1.165, 1.54) is 161 Å². The molecule has 342 valence electrons. The minimum Gasteiger partial charge on any atom is -0.462 e. The number of carbonyl (C=O) groups excluding carboxylic acids is 2. The third kappa shape index (κ3) is 41.1. The van der Waals surface area contributed by atoms with Gasteiger partial charge in [-0.15, -0.1) is 0 Å². The number of allylic oxidation sites excluding steroid dienone is 4. The molecule has 58 heavy (non-hydrogen) atoms. The van der Waals surface area contributed by atoms with Gasteiger partial charge in [0, 0.05) is 6.42 Å². The fourth-order valence-electron chi connectivity index (χ4n) is 7.85. The number of rotatable bonds is 46. The van der Waals surface area contributed by atoms with Crippen LogP contribution in [0.25, 0.3) is 0 Å². The summed E-state index contributed by atoms with van der Waals surface area (Å²) in [6.45, 7) is 6.42. The molecule has 0 spiro atoms. The van der Waals surface area contributed by atoms with Crippen molar-refractivity contribution < 1.29 is 24.5 Å². The summed E-state index contributed by atoms with van der Waals surface area (Å²) >= 11 is 0. The lowest BCUT2D eigenvalue weighted by Crippen LogP contribution is -2.46. The lowest BCUT2D eigenvalue weighted by Gasteiger charge is -2.24. The molecule has 3 N–H and O–H groups in total. The Morgan fingerprint density at radius 2 is 0.879 bits per heavy atom. The lowest BCUT2D eigenvalue weighted by molar-refractivity contribution is -0.151. The molecule has 6 heteroatoms. The van der Waals surface area contributed by atoms with Crippen molar-refractivity contribution in [1.29, 1.82) is 0 Å².